The normalized spacial score (nSPS) is 18.0. The van der Waals surface area contributed by atoms with Crippen molar-refractivity contribution in [3.63, 3.8) is 0 Å². The molecule has 2 aliphatic heterocycles. The average molecular weight is 705 g/mol. The molecule has 1 aromatic carbocycles. The van der Waals surface area contributed by atoms with Gasteiger partial charge in [-0.1, -0.05) is 17.7 Å². The molecule has 5 rings (SSSR count). The first-order valence-electron chi connectivity index (χ1n) is 14.0. The van der Waals surface area contributed by atoms with Gasteiger partial charge in [-0.3, -0.25) is 9.80 Å². The summed E-state index contributed by atoms with van der Waals surface area (Å²) in [6.07, 6.45) is -2.30. The van der Waals surface area contributed by atoms with Crippen molar-refractivity contribution in [3.8, 4) is 5.69 Å². The Kier molecular flexibility index (Phi) is 10.9. The molecule has 0 radical (unpaired) electrons. The summed E-state index contributed by atoms with van der Waals surface area (Å²) in [7, 11) is 2.76. The number of aliphatic hydroxyl groups excluding tert-OH is 2. The van der Waals surface area contributed by atoms with Gasteiger partial charge in [-0.2, -0.15) is 13.9 Å². The second-order valence-corrected chi connectivity index (χ2v) is 12.6. The highest BCUT2D eigenvalue weighted by atomic mass is 35.5. The molecule has 47 heavy (non-hydrogen) atoms. The van der Waals surface area contributed by atoms with Gasteiger partial charge in [0.15, 0.2) is 18.0 Å². The number of carbonyl (C=O) groups is 3. The fraction of sp³-hybridized carbons (Fsp3) is 0.448. The van der Waals surface area contributed by atoms with Crippen molar-refractivity contribution in [1.29, 1.82) is 0 Å². The number of hydrogen-bond donors (Lipinski definition) is 4. The van der Waals surface area contributed by atoms with Crippen LogP contribution in [0.5, 0.6) is 0 Å². The van der Waals surface area contributed by atoms with Crippen LogP contribution in [0.25, 0.3) is 5.69 Å². The van der Waals surface area contributed by atoms with Gasteiger partial charge < -0.3 is 29.9 Å². The van der Waals surface area contributed by atoms with Gasteiger partial charge >= 0.3 is 18.0 Å². The molecule has 3 aromatic rings. The van der Waals surface area contributed by atoms with Crippen LogP contribution < -0.4 is 4.90 Å². The van der Waals surface area contributed by atoms with Crippen LogP contribution in [0.1, 0.15) is 34.5 Å². The van der Waals surface area contributed by atoms with Crippen LogP contribution in [0, 0.1) is 12.7 Å². The van der Waals surface area contributed by atoms with Gasteiger partial charge in [0.05, 0.1) is 22.8 Å². The van der Waals surface area contributed by atoms with Crippen LogP contribution in [0.2, 0.25) is 4.34 Å². The van der Waals surface area contributed by atoms with E-state index in [1.165, 1.54) is 53.3 Å². The van der Waals surface area contributed by atoms with Crippen molar-refractivity contribution in [1.82, 2.24) is 14.7 Å². The third-order valence-corrected chi connectivity index (χ3v) is 9.36. The lowest BCUT2D eigenvalue weighted by Gasteiger charge is -2.45. The maximum Gasteiger partial charge on any atom is 0.413 e. The Morgan fingerprint density at radius 2 is 1.79 bits per heavy atom. The lowest BCUT2D eigenvalue weighted by atomic mass is 9.84. The number of hydrogen-bond acceptors (Lipinski definition) is 10. The molecule has 2 atom stereocenters. The Balaban J connectivity index is 0.000000434. The Labute approximate surface area is 275 Å². The molecular weight excluding hydrogens is 673 g/mol. The summed E-state index contributed by atoms with van der Waals surface area (Å²) in [4.78, 5) is 35.6. The van der Waals surface area contributed by atoms with Gasteiger partial charge in [-0.15, -0.1) is 11.3 Å². The Morgan fingerprint density at radius 3 is 2.36 bits per heavy atom. The van der Waals surface area contributed by atoms with Crippen molar-refractivity contribution in [2.45, 2.75) is 50.0 Å². The van der Waals surface area contributed by atoms with Crippen LogP contribution in [0.3, 0.4) is 0 Å². The van der Waals surface area contributed by atoms with Crippen LogP contribution in [0.4, 0.5) is 23.7 Å². The van der Waals surface area contributed by atoms with Crippen LogP contribution >= 0.6 is 22.9 Å². The molecule has 2 aromatic heterocycles. The first-order valence-corrected chi connectivity index (χ1v) is 15.2. The molecule has 13 nitrogen and oxygen atoms in total. The molecule has 1 fully saturated rings. The van der Waals surface area contributed by atoms with E-state index in [1.807, 2.05) is 6.92 Å². The molecule has 2 aliphatic rings. The predicted molar refractivity (Wildman–Crippen MR) is 162 cm³/mol. The zero-order chi connectivity index (χ0) is 34.8. The standard InChI is InChI=1S/C25H26ClF3N4O3S.C4H6O6/c1-15-16(13-33(30-15)21-18(27)5-4-6-19(21)31(2)23(34)35-3)12-32-9-7-24(8-10-32)22-17(11-20(26)37-22)25(28,29)14-36-24;5-1(3(7)8)2(6)4(9)10/h4-6,11,13H,7-10,12,14H2,1-3H3;1-2,5-6H,(H,7,8)(H,9,10)/t;1-,2-/m.1/s1. The minimum absolute atomic E-state index is 0.0167. The molecule has 256 valence electrons. The van der Waals surface area contributed by atoms with E-state index in [-0.39, 0.29) is 11.3 Å². The first-order chi connectivity index (χ1) is 22.0. The number of nitrogens with zero attached hydrogens (tertiary/aromatic N) is 4. The minimum Gasteiger partial charge on any atom is -0.479 e. The Hall–Kier alpha value is -3.74. The topological polar surface area (TPSA) is 175 Å². The van der Waals surface area contributed by atoms with E-state index in [1.54, 1.807) is 12.3 Å². The predicted octanol–water partition coefficient (Wildman–Crippen LogP) is 3.73. The summed E-state index contributed by atoms with van der Waals surface area (Å²) in [6.45, 7) is 2.99. The number of carbonyl (C=O) groups excluding carboxylic acids is 1. The fourth-order valence-electron chi connectivity index (χ4n) is 5.30. The number of anilines is 1. The molecule has 1 amide bonds. The van der Waals surface area contributed by atoms with Crippen LogP contribution in [-0.4, -0.2) is 99.2 Å². The molecule has 1 spiro atoms. The number of amides is 1. The second-order valence-electron chi connectivity index (χ2n) is 10.9. The number of alkyl halides is 2. The number of rotatable bonds is 7. The van der Waals surface area contributed by atoms with Gasteiger partial charge in [0.2, 0.25) is 0 Å². The van der Waals surface area contributed by atoms with Crippen LogP contribution in [-0.2, 0) is 37.1 Å². The average Bonchev–Trinajstić information content (AvgIpc) is 3.62. The zero-order valence-electron chi connectivity index (χ0n) is 25.3. The quantitative estimate of drug-likeness (QED) is 0.282. The number of aromatic nitrogens is 2. The number of fused-ring (bicyclic) bond motifs is 2. The smallest absolute Gasteiger partial charge is 0.413 e. The van der Waals surface area contributed by atoms with E-state index in [4.69, 9.17) is 41.5 Å². The maximum absolute atomic E-state index is 14.9. The molecule has 4 heterocycles. The Morgan fingerprint density at radius 1 is 1.17 bits per heavy atom. The minimum atomic E-state index is -3.04. The number of para-hydroxylation sites is 1. The van der Waals surface area contributed by atoms with Gasteiger partial charge in [0, 0.05) is 48.9 Å². The largest absolute Gasteiger partial charge is 0.479 e. The highest BCUT2D eigenvalue weighted by Gasteiger charge is 2.51. The molecule has 0 bridgehead atoms. The van der Waals surface area contributed by atoms with Gasteiger partial charge in [-0.05, 0) is 38.0 Å². The number of methoxy groups -OCH3 is 1. The number of aliphatic hydroxyl groups is 2. The SMILES string of the molecule is COC(=O)N(C)c1cccc(F)c1-n1cc(CN2CCC3(CC2)OCC(F)(F)c2cc(Cl)sc23)c(C)n1.O=C(O)[C@H](O)[C@@H](O)C(=O)O. The van der Waals surface area contributed by atoms with Crippen molar-refractivity contribution >= 4 is 46.7 Å². The number of carboxylic acid groups (broad SMARTS) is 2. The third kappa shape index (κ3) is 7.55. The molecule has 0 saturated carbocycles. The van der Waals surface area contributed by atoms with E-state index >= 15 is 0 Å². The van der Waals surface area contributed by atoms with E-state index in [9.17, 15) is 27.6 Å². The third-order valence-electron chi connectivity index (χ3n) is 7.91. The van der Waals surface area contributed by atoms with Crippen molar-refractivity contribution < 1.29 is 57.5 Å². The molecular formula is C29H32ClF3N4O9S. The summed E-state index contributed by atoms with van der Waals surface area (Å²) in [5.41, 5.74) is 1.29. The van der Waals surface area contributed by atoms with Crippen LogP contribution in [0.15, 0.2) is 30.5 Å². The van der Waals surface area contributed by atoms with Crippen molar-refractivity contribution in [2.24, 2.45) is 0 Å². The summed E-state index contributed by atoms with van der Waals surface area (Å²) in [5, 5.41) is 37.0. The van der Waals surface area contributed by atoms with E-state index in [0.717, 1.165) is 11.3 Å². The number of piperidine rings is 1. The van der Waals surface area contributed by atoms with Gasteiger partial charge in [0.1, 0.15) is 17.9 Å². The molecule has 18 heteroatoms. The molecule has 1 saturated heterocycles. The fourth-order valence-corrected chi connectivity index (χ4v) is 6.78. The van der Waals surface area contributed by atoms with E-state index < -0.39 is 54.2 Å². The maximum atomic E-state index is 14.9. The summed E-state index contributed by atoms with van der Waals surface area (Å²) in [5.74, 6) is -7.11. The first kappa shape index (κ1) is 36.1. The van der Waals surface area contributed by atoms with Gasteiger partial charge in [-0.25, -0.2) is 23.5 Å². The molecule has 0 unspecified atom stereocenters. The molecule has 0 aliphatic carbocycles. The van der Waals surface area contributed by atoms with E-state index in [0.29, 0.717) is 47.4 Å². The number of aliphatic carboxylic acids is 2. The monoisotopic (exact) mass is 704 g/mol. The number of likely N-dealkylation sites (tertiary alicyclic amines) is 1. The second kappa shape index (κ2) is 14.2. The number of aryl methyl sites for hydroxylation is 1. The number of ether oxygens (including phenoxy) is 2. The van der Waals surface area contributed by atoms with Gasteiger partial charge in [0.25, 0.3) is 5.92 Å². The summed E-state index contributed by atoms with van der Waals surface area (Å²) < 4.78 is 56.1. The highest BCUT2D eigenvalue weighted by Crippen LogP contribution is 2.52. The number of thiophene rings is 1. The Bertz CT molecular complexity index is 1630. The zero-order valence-corrected chi connectivity index (χ0v) is 26.9. The lowest BCUT2D eigenvalue weighted by Crippen LogP contribution is -2.48. The molecule has 4 N–H and O–H groups in total. The lowest BCUT2D eigenvalue weighted by molar-refractivity contribution is -0.182. The number of carboxylic acids is 2. The van der Waals surface area contributed by atoms with Crippen molar-refractivity contribution in [3.05, 3.63) is 62.3 Å². The highest BCUT2D eigenvalue weighted by molar-refractivity contribution is 7.16. The van der Waals surface area contributed by atoms with Crippen molar-refractivity contribution in [2.75, 3.05) is 38.8 Å². The summed E-state index contributed by atoms with van der Waals surface area (Å²) >= 11 is 7.28. The number of halogens is 4. The number of benzene rings is 1. The van der Waals surface area contributed by atoms with E-state index in [2.05, 4.69) is 10.00 Å². The summed E-state index contributed by atoms with van der Waals surface area (Å²) in [6, 6.07) is 5.81.